The fourth-order valence-corrected chi connectivity index (χ4v) is 6.18. The summed E-state index contributed by atoms with van der Waals surface area (Å²) in [7, 11) is 0. The van der Waals surface area contributed by atoms with Crippen molar-refractivity contribution in [1.82, 2.24) is 4.98 Å². The minimum absolute atomic E-state index is 1.16. The van der Waals surface area contributed by atoms with Gasteiger partial charge in [0.25, 0.3) is 0 Å². The van der Waals surface area contributed by atoms with E-state index in [1.807, 2.05) is 11.3 Å². The zero-order valence-corrected chi connectivity index (χ0v) is 16.1. The van der Waals surface area contributed by atoms with Gasteiger partial charge in [0.05, 0.1) is 0 Å². The number of allylic oxidation sites excluding steroid dienone is 1. The van der Waals surface area contributed by atoms with E-state index in [2.05, 4.69) is 77.8 Å². The van der Waals surface area contributed by atoms with Crippen LogP contribution in [0.3, 0.4) is 0 Å². The van der Waals surface area contributed by atoms with E-state index >= 15 is 0 Å². The largest absolute Gasteiger partial charge is 0.354 e. The van der Waals surface area contributed by atoms with Crippen molar-refractivity contribution in [3.05, 3.63) is 77.9 Å². The van der Waals surface area contributed by atoms with Crippen LogP contribution in [0.4, 0.5) is 0 Å². The molecule has 2 heterocycles. The maximum atomic E-state index is 3.66. The van der Waals surface area contributed by atoms with Crippen LogP contribution in [0.15, 0.2) is 66.7 Å². The molecule has 1 N–H and O–H groups in total. The Hall–Kier alpha value is -3.10. The zero-order chi connectivity index (χ0) is 18.2. The molecule has 0 aliphatic heterocycles. The molecule has 1 aliphatic carbocycles. The number of hydrogen-bond donors (Lipinski definition) is 1. The molecule has 0 fully saturated rings. The first-order valence-corrected chi connectivity index (χ1v) is 10.7. The lowest BCUT2D eigenvalue weighted by Crippen LogP contribution is -1.92. The molecule has 0 bridgehead atoms. The molecule has 0 spiro atoms. The van der Waals surface area contributed by atoms with Gasteiger partial charge in [-0.25, -0.2) is 0 Å². The van der Waals surface area contributed by atoms with Gasteiger partial charge in [0, 0.05) is 42.0 Å². The molecule has 0 unspecified atom stereocenters. The number of aryl methyl sites for hydroxylation is 1. The van der Waals surface area contributed by atoms with E-state index in [4.69, 9.17) is 0 Å². The molecule has 0 atom stereocenters. The SMILES string of the molecule is C1=Cc2c(ccc3c2sc2cc4[nH]c5ccc6ccccc6c5c4cc23)CC1. The summed E-state index contributed by atoms with van der Waals surface area (Å²) >= 11 is 1.93. The predicted octanol–water partition coefficient (Wildman–Crippen LogP) is 7.80. The van der Waals surface area contributed by atoms with Crippen molar-refractivity contribution in [3.8, 4) is 0 Å². The van der Waals surface area contributed by atoms with Crippen molar-refractivity contribution in [2.45, 2.75) is 12.8 Å². The Morgan fingerprint density at radius 1 is 0.786 bits per heavy atom. The maximum absolute atomic E-state index is 3.66. The number of thiophene rings is 1. The highest BCUT2D eigenvalue weighted by atomic mass is 32.1. The molecule has 1 aliphatic rings. The summed E-state index contributed by atoms with van der Waals surface area (Å²) in [6.07, 6.45) is 6.96. The molecule has 0 amide bonds. The Bertz CT molecular complexity index is 1610. The third-order valence-corrected chi connectivity index (χ3v) is 7.44. The van der Waals surface area contributed by atoms with E-state index < -0.39 is 0 Å². The van der Waals surface area contributed by atoms with Crippen molar-refractivity contribution in [2.24, 2.45) is 0 Å². The van der Waals surface area contributed by atoms with E-state index in [9.17, 15) is 0 Å². The number of H-pyrrole nitrogens is 1. The van der Waals surface area contributed by atoms with Gasteiger partial charge in [-0.05, 0) is 52.9 Å². The van der Waals surface area contributed by atoms with Crippen LogP contribution in [-0.2, 0) is 6.42 Å². The first kappa shape index (κ1) is 14.9. The molecule has 2 aromatic heterocycles. The topological polar surface area (TPSA) is 15.8 Å². The summed E-state index contributed by atoms with van der Waals surface area (Å²) in [5.74, 6) is 0. The van der Waals surface area contributed by atoms with Crippen molar-refractivity contribution >= 4 is 70.2 Å². The third kappa shape index (κ3) is 1.86. The normalized spacial score (nSPS) is 14.0. The number of rotatable bonds is 0. The summed E-state index contributed by atoms with van der Waals surface area (Å²) in [5.41, 5.74) is 5.37. The van der Waals surface area contributed by atoms with E-state index in [1.54, 1.807) is 0 Å². The summed E-state index contributed by atoms with van der Waals surface area (Å²) in [4.78, 5) is 3.66. The number of hydrogen-bond acceptors (Lipinski definition) is 1. The lowest BCUT2D eigenvalue weighted by molar-refractivity contribution is 0.990. The molecule has 6 aromatic rings. The molecule has 2 heteroatoms. The van der Waals surface area contributed by atoms with E-state index in [-0.39, 0.29) is 0 Å². The second-order valence-corrected chi connectivity index (χ2v) is 8.84. The number of aromatic amines is 1. The first-order valence-electron chi connectivity index (χ1n) is 9.85. The number of fused-ring (bicyclic) bond motifs is 10. The maximum Gasteiger partial charge on any atom is 0.0479 e. The molecule has 28 heavy (non-hydrogen) atoms. The monoisotopic (exact) mass is 375 g/mol. The summed E-state index contributed by atoms with van der Waals surface area (Å²) in [6, 6.07) is 22.5. The quantitative estimate of drug-likeness (QED) is 0.279. The fourth-order valence-electron chi connectivity index (χ4n) is 4.91. The van der Waals surface area contributed by atoms with Crippen LogP contribution in [0, 0.1) is 0 Å². The molecule has 0 saturated heterocycles. The molecule has 132 valence electrons. The average Bonchev–Trinajstić information content (AvgIpc) is 3.29. The van der Waals surface area contributed by atoms with Gasteiger partial charge in [-0.1, -0.05) is 54.6 Å². The molecule has 1 nitrogen and oxygen atoms in total. The van der Waals surface area contributed by atoms with Gasteiger partial charge in [-0.2, -0.15) is 0 Å². The molecule has 4 aromatic carbocycles. The van der Waals surface area contributed by atoms with Crippen molar-refractivity contribution in [1.29, 1.82) is 0 Å². The van der Waals surface area contributed by atoms with Gasteiger partial charge in [0.1, 0.15) is 0 Å². The molecule has 7 rings (SSSR count). The van der Waals surface area contributed by atoms with Crippen LogP contribution >= 0.6 is 11.3 Å². The summed E-state index contributed by atoms with van der Waals surface area (Å²) < 4.78 is 2.80. The van der Waals surface area contributed by atoms with Crippen LogP contribution in [0.5, 0.6) is 0 Å². The fraction of sp³-hybridized carbons (Fsp3) is 0.0769. The second-order valence-electron chi connectivity index (χ2n) is 7.79. The van der Waals surface area contributed by atoms with Gasteiger partial charge in [-0.15, -0.1) is 11.3 Å². The minimum atomic E-state index is 1.16. The Labute approximate surface area is 165 Å². The molecular weight excluding hydrogens is 358 g/mol. The summed E-state index contributed by atoms with van der Waals surface area (Å²) in [5, 5.41) is 8.06. The molecular formula is C26H17NS. The highest BCUT2D eigenvalue weighted by molar-refractivity contribution is 7.26. The predicted molar refractivity (Wildman–Crippen MR) is 124 cm³/mol. The van der Waals surface area contributed by atoms with E-state index in [0.717, 1.165) is 12.8 Å². The molecule has 0 radical (unpaired) electrons. The van der Waals surface area contributed by atoms with Gasteiger partial charge >= 0.3 is 0 Å². The average molecular weight is 375 g/mol. The Morgan fingerprint density at radius 2 is 1.75 bits per heavy atom. The second kappa shape index (κ2) is 5.24. The number of nitrogens with one attached hydrogen (secondary N) is 1. The van der Waals surface area contributed by atoms with Crippen molar-refractivity contribution < 1.29 is 0 Å². The lowest BCUT2D eigenvalue weighted by atomic mass is 9.95. The summed E-state index contributed by atoms with van der Waals surface area (Å²) in [6.45, 7) is 0. The van der Waals surface area contributed by atoms with Gasteiger partial charge in [0.2, 0.25) is 0 Å². The van der Waals surface area contributed by atoms with Gasteiger partial charge in [-0.3, -0.25) is 0 Å². The van der Waals surface area contributed by atoms with Crippen LogP contribution < -0.4 is 0 Å². The van der Waals surface area contributed by atoms with E-state index in [0.29, 0.717) is 0 Å². The highest BCUT2D eigenvalue weighted by Crippen LogP contribution is 2.42. The number of benzene rings is 4. The third-order valence-electron chi connectivity index (χ3n) is 6.24. The van der Waals surface area contributed by atoms with Crippen molar-refractivity contribution in [2.75, 3.05) is 0 Å². The zero-order valence-electron chi connectivity index (χ0n) is 15.3. The Morgan fingerprint density at radius 3 is 2.75 bits per heavy atom. The first-order chi connectivity index (χ1) is 13.9. The van der Waals surface area contributed by atoms with Crippen LogP contribution in [0.25, 0.3) is 58.8 Å². The van der Waals surface area contributed by atoms with Gasteiger partial charge in [0.15, 0.2) is 0 Å². The van der Waals surface area contributed by atoms with Crippen LogP contribution in [-0.4, -0.2) is 4.98 Å². The Balaban J connectivity index is 1.66. The van der Waals surface area contributed by atoms with Crippen LogP contribution in [0.2, 0.25) is 0 Å². The van der Waals surface area contributed by atoms with E-state index in [1.165, 1.54) is 63.9 Å². The van der Waals surface area contributed by atoms with Gasteiger partial charge < -0.3 is 4.98 Å². The van der Waals surface area contributed by atoms with Crippen LogP contribution in [0.1, 0.15) is 17.5 Å². The lowest BCUT2D eigenvalue weighted by Gasteiger charge is -2.10. The number of aromatic nitrogens is 1. The minimum Gasteiger partial charge on any atom is -0.354 e. The Kier molecular flexibility index (Phi) is 2.79. The standard InChI is InChI=1S/C26H17NS/c1-3-7-17-15(5-1)10-12-22-25(17)21-13-20-19-11-9-16-6-2-4-8-18(16)26(19)28-24(20)14-23(21)27-22/h1,3-5,7-14,27H,2,6H2. The smallest absolute Gasteiger partial charge is 0.0479 e. The molecule has 0 saturated carbocycles. The highest BCUT2D eigenvalue weighted by Gasteiger charge is 2.15. The van der Waals surface area contributed by atoms with Crippen molar-refractivity contribution in [3.63, 3.8) is 0 Å².